The largest absolute Gasteiger partial charge is 0.212 e. The lowest BCUT2D eigenvalue weighted by Gasteiger charge is -2.26. The molecule has 0 aliphatic carbocycles. The molecule has 0 nitrogen and oxygen atoms in total. The lowest BCUT2D eigenvalue weighted by atomic mass is 9.94. The Bertz CT molecular complexity index is 294. The molecule has 0 aliphatic rings. The lowest BCUT2D eigenvalue weighted by molar-refractivity contribution is 0.498. The summed E-state index contributed by atoms with van der Waals surface area (Å²) in [5.74, 6) is -0.201. The summed E-state index contributed by atoms with van der Waals surface area (Å²) >= 11 is 0. The summed E-state index contributed by atoms with van der Waals surface area (Å²) in [4.78, 5) is 0. The van der Waals surface area contributed by atoms with Crippen LogP contribution in [0.25, 0.3) is 0 Å². The van der Waals surface area contributed by atoms with Crippen molar-refractivity contribution in [3.05, 3.63) is 48.3 Å². The zero-order valence-electron chi connectivity index (χ0n) is 8.18. The van der Waals surface area contributed by atoms with E-state index in [-0.39, 0.29) is 10.9 Å². The van der Waals surface area contributed by atoms with Crippen LogP contribution in [0.3, 0.4) is 0 Å². The molecule has 1 atom stereocenters. The summed E-state index contributed by atoms with van der Waals surface area (Å²) in [5, 5.41) is -0.388. The molecule has 0 fully saturated rings. The second-order valence-electron chi connectivity index (χ2n) is 3.46. The third-order valence-electron chi connectivity index (χ3n) is 2.72. The highest BCUT2D eigenvalue weighted by molar-refractivity contribution is 6.17. The number of benzene rings is 1. The van der Waals surface area contributed by atoms with Crippen molar-refractivity contribution < 1.29 is 4.39 Å². The molecular weight excluding hydrogens is 179 g/mol. The third-order valence-corrected chi connectivity index (χ3v) is 4.54. The molecule has 0 bridgehead atoms. The zero-order valence-corrected chi connectivity index (χ0v) is 10.2. The molecule has 0 amide bonds. The van der Waals surface area contributed by atoms with E-state index in [1.54, 1.807) is 0 Å². The van der Waals surface area contributed by atoms with Gasteiger partial charge < -0.3 is 0 Å². The Balaban J connectivity index is 3.11. The van der Waals surface area contributed by atoms with E-state index < -0.39 is 0 Å². The lowest BCUT2D eigenvalue weighted by Crippen LogP contribution is -2.25. The van der Waals surface area contributed by atoms with Crippen molar-refractivity contribution >= 4 is 10.2 Å². The van der Waals surface area contributed by atoms with Gasteiger partial charge in [0.2, 0.25) is 0 Å². The van der Waals surface area contributed by atoms with Gasteiger partial charge in [0, 0.05) is 15.3 Å². The third kappa shape index (κ3) is 1.88. The SMILES string of the molecule is C=C(F)C([SiH3])(CC)c1ccccc1. The first-order valence-electron chi connectivity index (χ1n) is 4.51. The van der Waals surface area contributed by atoms with Gasteiger partial charge in [-0.2, -0.15) is 0 Å². The first kappa shape index (κ1) is 10.2. The fraction of sp³-hybridized carbons (Fsp3) is 0.273. The Morgan fingerprint density at radius 3 is 2.38 bits per heavy atom. The van der Waals surface area contributed by atoms with Crippen molar-refractivity contribution in [2.75, 3.05) is 0 Å². The van der Waals surface area contributed by atoms with Crippen molar-refractivity contribution in [2.45, 2.75) is 18.4 Å². The fourth-order valence-corrected chi connectivity index (χ4v) is 1.69. The predicted octanol–water partition coefficient (Wildman–Crippen LogP) is 2.14. The van der Waals surface area contributed by atoms with Gasteiger partial charge in [-0.1, -0.05) is 43.8 Å². The van der Waals surface area contributed by atoms with E-state index in [9.17, 15) is 4.39 Å². The predicted molar refractivity (Wildman–Crippen MR) is 58.6 cm³/mol. The van der Waals surface area contributed by atoms with Crippen molar-refractivity contribution in [3.63, 3.8) is 0 Å². The molecule has 0 saturated carbocycles. The van der Waals surface area contributed by atoms with Crippen molar-refractivity contribution in [1.29, 1.82) is 0 Å². The maximum absolute atomic E-state index is 13.3. The monoisotopic (exact) mass is 194 g/mol. The average molecular weight is 194 g/mol. The molecule has 1 unspecified atom stereocenters. The molecule has 2 heteroatoms. The molecule has 70 valence electrons. The Hall–Kier alpha value is -0.893. The van der Waals surface area contributed by atoms with Crippen LogP contribution in [0, 0.1) is 0 Å². The van der Waals surface area contributed by atoms with E-state index in [2.05, 4.69) is 6.58 Å². The van der Waals surface area contributed by atoms with Gasteiger partial charge in [0.25, 0.3) is 0 Å². The van der Waals surface area contributed by atoms with E-state index in [1.165, 1.54) is 0 Å². The molecule has 1 rings (SSSR count). The number of allylic oxidation sites excluding steroid dienone is 1. The van der Waals surface area contributed by atoms with Crippen LogP contribution in [0.4, 0.5) is 4.39 Å². The average Bonchev–Trinajstić information content (AvgIpc) is 2.17. The van der Waals surface area contributed by atoms with Gasteiger partial charge in [-0.3, -0.25) is 0 Å². The van der Waals surface area contributed by atoms with Gasteiger partial charge >= 0.3 is 0 Å². The summed E-state index contributed by atoms with van der Waals surface area (Å²) in [6, 6.07) is 9.78. The normalized spacial score (nSPS) is 15.2. The standard InChI is InChI=1S/C11H15FSi/c1-3-11(13,9(2)12)10-7-5-4-6-8-10/h4-8H,2-3H2,1,13H3. The summed E-state index contributed by atoms with van der Waals surface area (Å²) < 4.78 is 13.3. The Morgan fingerprint density at radius 1 is 1.46 bits per heavy atom. The molecule has 1 aromatic carbocycles. The molecular formula is C11H15FSi. The summed E-state index contributed by atoms with van der Waals surface area (Å²) in [7, 11) is 0.767. The van der Waals surface area contributed by atoms with E-state index >= 15 is 0 Å². The van der Waals surface area contributed by atoms with Gasteiger partial charge in [0.1, 0.15) is 0 Å². The van der Waals surface area contributed by atoms with Crippen LogP contribution >= 0.6 is 0 Å². The van der Waals surface area contributed by atoms with Crippen molar-refractivity contribution in [2.24, 2.45) is 0 Å². The summed E-state index contributed by atoms with van der Waals surface area (Å²) in [5.41, 5.74) is 1.05. The topological polar surface area (TPSA) is 0 Å². The molecule has 0 spiro atoms. The van der Waals surface area contributed by atoms with E-state index in [1.807, 2.05) is 37.3 Å². The molecule has 13 heavy (non-hydrogen) atoms. The Kier molecular flexibility index (Phi) is 3.04. The fourth-order valence-electron chi connectivity index (χ4n) is 1.36. The van der Waals surface area contributed by atoms with Crippen LogP contribution in [-0.4, -0.2) is 10.2 Å². The highest BCUT2D eigenvalue weighted by atomic mass is 28.1. The quantitative estimate of drug-likeness (QED) is 0.647. The minimum Gasteiger partial charge on any atom is -0.212 e. The van der Waals surface area contributed by atoms with E-state index in [4.69, 9.17) is 0 Å². The molecule has 0 aromatic heterocycles. The van der Waals surface area contributed by atoms with Gasteiger partial charge in [-0.15, -0.1) is 0 Å². The molecule has 0 heterocycles. The zero-order chi connectivity index (χ0) is 9.90. The maximum atomic E-state index is 13.3. The maximum Gasteiger partial charge on any atom is 0.0995 e. The number of hydrogen-bond donors (Lipinski definition) is 0. The smallest absolute Gasteiger partial charge is 0.0995 e. The van der Waals surface area contributed by atoms with Crippen molar-refractivity contribution in [1.82, 2.24) is 0 Å². The van der Waals surface area contributed by atoms with E-state index in [0.29, 0.717) is 0 Å². The van der Waals surface area contributed by atoms with Crippen molar-refractivity contribution in [3.8, 4) is 0 Å². The van der Waals surface area contributed by atoms with Gasteiger partial charge in [0.05, 0.1) is 5.83 Å². The second kappa shape index (κ2) is 3.88. The first-order chi connectivity index (χ1) is 6.11. The number of halogens is 1. The molecule has 1 aromatic rings. The minimum absolute atomic E-state index is 0.201. The molecule has 0 radical (unpaired) electrons. The van der Waals surface area contributed by atoms with Gasteiger partial charge in [-0.05, 0) is 12.0 Å². The molecule has 0 aliphatic heterocycles. The molecule has 0 saturated heterocycles. The van der Waals surface area contributed by atoms with E-state index in [0.717, 1.165) is 22.2 Å². The van der Waals surface area contributed by atoms with Crippen LogP contribution < -0.4 is 0 Å². The highest BCUT2D eigenvalue weighted by Gasteiger charge is 2.27. The summed E-state index contributed by atoms with van der Waals surface area (Å²) in [6.07, 6.45) is 0.790. The van der Waals surface area contributed by atoms with Gasteiger partial charge in [0.15, 0.2) is 0 Å². The highest BCUT2D eigenvalue weighted by Crippen LogP contribution is 2.31. The number of hydrogen-bond acceptors (Lipinski definition) is 0. The minimum atomic E-state index is -0.388. The van der Waals surface area contributed by atoms with Crippen LogP contribution in [-0.2, 0) is 5.04 Å². The van der Waals surface area contributed by atoms with Crippen LogP contribution in [0.2, 0.25) is 0 Å². The summed E-state index contributed by atoms with van der Waals surface area (Å²) in [6.45, 7) is 5.45. The first-order valence-corrected chi connectivity index (χ1v) is 5.51. The second-order valence-corrected chi connectivity index (χ2v) is 5.16. The molecule has 0 N–H and O–H groups in total. The van der Waals surface area contributed by atoms with Crippen LogP contribution in [0.15, 0.2) is 42.7 Å². The van der Waals surface area contributed by atoms with Gasteiger partial charge in [-0.25, -0.2) is 4.39 Å². The number of rotatable bonds is 3. The van der Waals surface area contributed by atoms with Crippen LogP contribution in [0.5, 0.6) is 0 Å². The van der Waals surface area contributed by atoms with Crippen LogP contribution in [0.1, 0.15) is 18.9 Å². The Labute approximate surface area is 81.9 Å². The Morgan fingerprint density at radius 2 is 2.00 bits per heavy atom.